The average Bonchev–Trinajstić information content (AvgIpc) is 2.66. The highest BCUT2D eigenvalue weighted by molar-refractivity contribution is 5.95. The number of carbonyl (C=O) groups excluding carboxylic acids is 1. The van der Waals surface area contributed by atoms with Gasteiger partial charge in [-0.05, 0) is 13.8 Å². The molecule has 0 radical (unpaired) electrons. The SMILES string of the molecule is Cc1cc2ncc(C(=O)N3CC(O)C3)c(C)n2n1. The molecule has 0 spiro atoms. The van der Waals surface area contributed by atoms with E-state index in [-0.39, 0.29) is 5.91 Å². The molecule has 94 valence electrons. The van der Waals surface area contributed by atoms with Crippen molar-refractivity contribution >= 4 is 11.6 Å². The number of nitrogens with zero attached hydrogens (tertiary/aromatic N) is 4. The van der Waals surface area contributed by atoms with E-state index in [9.17, 15) is 9.90 Å². The zero-order chi connectivity index (χ0) is 12.9. The first-order valence-corrected chi connectivity index (χ1v) is 5.85. The normalized spacial score (nSPS) is 16.1. The van der Waals surface area contributed by atoms with Crippen LogP contribution in [0.3, 0.4) is 0 Å². The number of hydrogen-bond acceptors (Lipinski definition) is 4. The van der Waals surface area contributed by atoms with Gasteiger partial charge in [0.15, 0.2) is 5.65 Å². The zero-order valence-corrected chi connectivity index (χ0v) is 10.3. The van der Waals surface area contributed by atoms with E-state index in [1.807, 2.05) is 19.9 Å². The number of aliphatic hydroxyl groups is 1. The predicted octanol–water partition coefficient (Wildman–Crippen LogP) is 0.163. The first-order valence-electron chi connectivity index (χ1n) is 5.85. The monoisotopic (exact) mass is 246 g/mol. The molecule has 6 heteroatoms. The third-order valence-corrected chi connectivity index (χ3v) is 3.23. The summed E-state index contributed by atoms with van der Waals surface area (Å²) in [6.07, 6.45) is 1.19. The van der Waals surface area contributed by atoms with Gasteiger partial charge in [0.05, 0.1) is 23.1 Å². The standard InChI is InChI=1S/C12H14N4O2/c1-7-3-11-13-4-10(8(2)16(11)14-7)12(18)15-5-9(17)6-15/h3-4,9,17H,5-6H2,1-2H3. The molecule has 2 aromatic rings. The molecule has 1 aliphatic heterocycles. The molecule has 1 aliphatic rings. The minimum absolute atomic E-state index is 0.0969. The summed E-state index contributed by atoms with van der Waals surface area (Å²) in [6.45, 7) is 4.54. The summed E-state index contributed by atoms with van der Waals surface area (Å²) in [5.41, 5.74) is 2.93. The van der Waals surface area contributed by atoms with E-state index in [0.717, 1.165) is 17.0 Å². The van der Waals surface area contributed by atoms with Crippen LogP contribution in [0.25, 0.3) is 5.65 Å². The lowest BCUT2D eigenvalue weighted by molar-refractivity contribution is 0.00576. The summed E-state index contributed by atoms with van der Waals surface area (Å²) < 4.78 is 1.68. The highest BCUT2D eigenvalue weighted by Crippen LogP contribution is 2.17. The number of fused-ring (bicyclic) bond motifs is 1. The highest BCUT2D eigenvalue weighted by atomic mass is 16.3. The van der Waals surface area contributed by atoms with Crippen LogP contribution in [-0.2, 0) is 0 Å². The van der Waals surface area contributed by atoms with Gasteiger partial charge in [-0.3, -0.25) is 4.79 Å². The van der Waals surface area contributed by atoms with Gasteiger partial charge in [-0.25, -0.2) is 9.50 Å². The van der Waals surface area contributed by atoms with Crippen molar-refractivity contribution in [1.29, 1.82) is 0 Å². The number of rotatable bonds is 1. The molecular weight excluding hydrogens is 232 g/mol. The second-order valence-electron chi connectivity index (χ2n) is 4.68. The van der Waals surface area contributed by atoms with E-state index in [0.29, 0.717) is 18.7 Å². The second kappa shape index (κ2) is 3.78. The fraction of sp³-hybridized carbons (Fsp3) is 0.417. The maximum atomic E-state index is 12.2. The summed E-state index contributed by atoms with van der Waals surface area (Å²) in [6, 6.07) is 1.87. The van der Waals surface area contributed by atoms with Gasteiger partial charge in [-0.15, -0.1) is 0 Å². The number of likely N-dealkylation sites (tertiary alicyclic amines) is 1. The molecule has 1 fully saturated rings. The molecule has 3 heterocycles. The molecule has 0 bridgehead atoms. The molecule has 1 amide bonds. The smallest absolute Gasteiger partial charge is 0.257 e. The second-order valence-corrected chi connectivity index (χ2v) is 4.68. The molecule has 0 aliphatic carbocycles. The number of β-amino-alcohol motifs (C(OH)–C–C–N with tert-alkyl or cyclic N) is 1. The Hall–Kier alpha value is -1.95. The fourth-order valence-electron chi connectivity index (χ4n) is 2.16. The van der Waals surface area contributed by atoms with Crippen molar-refractivity contribution in [2.75, 3.05) is 13.1 Å². The minimum Gasteiger partial charge on any atom is -0.389 e. The first-order chi connectivity index (χ1) is 8.56. The Morgan fingerprint density at radius 3 is 2.83 bits per heavy atom. The largest absolute Gasteiger partial charge is 0.389 e. The number of amides is 1. The molecular formula is C12H14N4O2. The van der Waals surface area contributed by atoms with Crippen LogP contribution < -0.4 is 0 Å². The van der Waals surface area contributed by atoms with Crippen LogP contribution in [0.4, 0.5) is 0 Å². The Labute approximate surface area is 104 Å². The maximum Gasteiger partial charge on any atom is 0.257 e. The third kappa shape index (κ3) is 1.57. The van der Waals surface area contributed by atoms with E-state index in [4.69, 9.17) is 0 Å². The van der Waals surface area contributed by atoms with Crippen molar-refractivity contribution in [2.24, 2.45) is 0 Å². The van der Waals surface area contributed by atoms with Gasteiger partial charge in [-0.1, -0.05) is 0 Å². The average molecular weight is 246 g/mol. The van der Waals surface area contributed by atoms with Gasteiger partial charge < -0.3 is 10.0 Å². The van der Waals surface area contributed by atoms with Gasteiger partial charge in [-0.2, -0.15) is 5.10 Å². The highest BCUT2D eigenvalue weighted by Gasteiger charge is 2.30. The molecule has 0 atom stereocenters. The molecule has 1 saturated heterocycles. The number of aliphatic hydroxyl groups excluding tert-OH is 1. The number of carbonyl (C=O) groups is 1. The first kappa shape index (κ1) is 11.2. The number of aromatic nitrogens is 3. The van der Waals surface area contributed by atoms with E-state index < -0.39 is 6.10 Å². The Bertz CT molecular complexity index is 628. The van der Waals surface area contributed by atoms with Crippen LogP contribution >= 0.6 is 0 Å². The third-order valence-electron chi connectivity index (χ3n) is 3.23. The maximum absolute atomic E-state index is 12.2. The number of aryl methyl sites for hydroxylation is 2. The Morgan fingerprint density at radius 2 is 2.17 bits per heavy atom. The molecule has 0 aromatic carbocycles. The summed E-state index contributed by atoms with van der Waals surface area (Å²) in [5.74, 6) is -0.0969. The molecule has 1 N–H and O–H groups in total. The lowest BCUT2D eigenvalue weighted by Crippen LogP contribution is -2.53. The number of hydrogen-bond donors (Lipinski definition) is 1. The Kier molecular flexibility index (Phi) is 2.34. The molecule has 2 aromatic heterocycles. The van der Waals surface area contributed by atoms with Crippen LogP contribution in [0, 0.1) is 13.8 Å². The minimum atomic E-state index is -0.391. The van der Waals surface area contributed by atoms with Crippen LogP contribution in [0.2, 0.25) is 0 Å². The Morgan fingerprint density at radius 1 is 1.44 bits per heavy atom. The van der Waals surface area contributed by atoms with Crippen LogP contribution in [0.1, 0.15) is 21.7 Å². The van der Waals surface area contributed by atoms with Crippen LogP contribution in [0.5, 0.6) is 0 Å². The Balaban J connectivity index is 2.01. The molecule has 0 unspecified atom stereocenters. The summed E-state index contributed by atoms with van der Waals surface area (Å²) in [5, 5.41) is 13.5. The van der Waals surface area contributed by atoms with Gasteiger partial charge in [0.2, 0.25) is 0 Å². The van der Waals surface area contributed by atoms with Gasteiger partial charge >= 0.3 is 0 Å². The van der Waals surface area contributed by atoms with Gasteiger partial charge in [0.1, 0.15) is 0 Å². The van der Waals surface area contributed by atoms with Crippen molar-refractivity contribution in [3.63, 3.8) is 0 Å². The van der Waals surface area contributed by atoms with Gasteiger partial charge in [0.25, 0.3) is 5.91 Å². The zero-order valence-electron chi connectivity index (χ0n) is 10.3. The van der Waals surface area contributed by atoms with Crippen molar-refractivity contribution in [2.45, 2.75) is 20.0 Å². The van der Waals surface area contributed by atoms with E-state index in [2.05, 4.69) is 10.1 Å². The van der Waals surface area contributed by atoms with Crippen molar-refractivity contribution < 1.29 is 9.90 Å². The molecule has 0 saturated carbocycles. The van der Waals surface area contributed by atoms with E-state index in [1.165, 1.54) is 0 Å². The quantitative estimate of drug-likeness (QED) is 0.778. The van der Waals surface area contributed by atoms with Crippen LogP contribution in [0.15, 0.2) is 12.3 Å². The van der Waals surface area contributed by atoms with Gasteiger partial charge in [0, 0.05) is 25.4 Å². The topological polar surface area (TPSA) is 70.7 Å². The molecule has 6 nitrogen and oxygen atoms in total. The van der Waals surface area contributed by atoms with Crippen molar-refractivity contribution in [1.82, 2.24) is 19.5 Å². The molecule has 3 rings (SSSR count). The van der Waals surface area contributed by atoms with Crippen molar-refractivity contribution in [3.05, 3.63) is 29.2 Å². The summed E-state index contributed by atoms with van der Waals surface area (Å²) in [7, 11) is 0. The van der Waals surface area contributed by atoms with Crippen molar-refractivity contribution in [3.8, 4) is 0 Å². The van der Waals surface area contributed by atoms with E-state index in [1.54, 1.807) is 15.6 Å². The summed E-state index contributed by atoms with van der Waals surface area (Å²) >= 11 is 0. The predicted molar refractivity (Wildman–Crippen MR) is 64.4 cm³/mol. The summed E-state index contributed by atoms with van der Waals surface area (Å²) in [4.78, 5) is 18.0. The lowest BCUT2D eigenvalue weighted by atomic mass is 10.1. The molecule has 18 heavy (non-hydrogen) atoms. The fourth-order valence-corrected chi connectivity index (χ4v) is 2.16. The van der Waals surface area contributed by atoms with E-state index >= 15 is 0 Å². The van der Waals surface area contributed by atoms with Crippen LogP contribution in [-0.4, -0.2) is 49.7 Å². The lowest BCUT2D eigenvalue weighted by Gasteiger charge is -2.36.